The van der Waals surface area contributed by atoms with E-state index in [1.54, 1.807) is 0 Å². The van der Waals surface area contributed by atoms with Gasteiger partial charge in [-0.15, -0.1) is 10.6 Å². The van der Waals surface area contributed by atoms with Crippen LogP contribution in [0.2, 0.25) is 0 Å². The molecule has 0 spiro atoms. The van der Waals surface area contributed by atoms with Gasteiger partial charge >= 0.3 is 0 Å². The van der Waals surface area contributed by atoms with E-state index >= 15 is 0 Å². The zero-order valence-corrected chi connectivity index (χ0v) is 19.9. The Morgan fingerprint density at radius 2 is 1.56 bits per heavy atom. The number of hydrogen-bond donors (Lipinski definition) is 3. The second-order valence-electron chi connectivity index (χ2n) is 8.58. The third kappa shape index (κ3) is 5.49. The Morgan fingerprint density at radius 1 is 0.969 bits per heavy atom. The number of nitrogens with one attached hydrogen (secondary N) is 3. The molecule has 1 aliphatic heterocycles. The van der Waals surface area contributed by atoms with Crippen molar-refractivity contribution in [1.82, 2.24) is 16.5 Å². The Balaban J connectivity index is 2.06. The summed E-state index contributed by atoms with van der Waals surface area (Å²) in [6, 6.07) is 12.5. The van der Waals surface area contributed by atoms with Crippen molar-refractivity contribution in [3.8, 4) is 5.75 Å². The lowest BCUT2D eigenvalue weighted by Crippen LogP contribution is -2.38. The van der Waals surface area contributed by atoms with Crippen LogP contribution < -0.4 is 21.2 Å². The molecule has 1 heterocycles. The highest BCUT2D eigenvalue weighted by Gasteiger charge is 2.26. The van der Waals surface area contributed by atoms with Crippen LogP contribution in [-0.2, 0) is 12.8 Å². The van der Waals surface area contributed by atoms with Crippen LogP contribution in [0, 0.1) is 0 Å². The third-order valence-corrected chi connectivity index (χ3v) is 5.74. The van der Waals surface area contributed by atoms with Crippen LogP contribution in [0.1, 0.15) is 98.5 Å². The number of nitrogens with zero attached hydrogens (tertiary/aromatic N) is 1. The van der Waals surface area contributed by atoms with Crippen molar-refractivity contribution in [1.29, 1.82) is 0 Å². The normalized spacial score (nSPS) is 14.0. The van der Waals surface area contributed by atoms with E-state index in [4.69, 9.17) is 4.74 Å². The van der Waals surface area contributed by atoms with E-state index < -0.39 is 6.10 Å². The van der Waals surface area contributed by atoms with Crippen LogP contribution in [0.4, 0.5) is 0 Å². The average molecular weight is 437 g/mol. The number of carbonyl (C=O) groups is 1. The number of ketones is 1. The predicted octanol–water partition coefficient (Wildman–Crippen LogP) is 5.35. The molecule has 172 valence electrons. The summed E-state index contributed by atoms with van der Waals surface area (Å²) in [7, 11) is 0. The number of aryl methyl sites for hydroxylation is 2. The number of hydrogen-bond acceptors (Lipinski definition) is 6. The van der Waals surface area contributed by atoms with Crippen LogP contribution in [0.25, 0.3) is 0 Å². The summed E-state index contributed by atoms with van der Waals surface area (Å²) in [5.41, 5.74) is 13.9. The number of benzene rings is 2. The summed E-state index contributed by atoms with van der Waals surface area (Å²) in [5.74, 6) is 2.17. The SMILES string of the molecule is CCCc1cc(C(=O)CC)cc(CCC)c1OC(C1=NNNN1)c1ccc(C(C)C)cc1. The number of rotatable bonds is 11. The van der Waals surface area contributed by atoms with Crippen molar-refractivity contribution in [2.75, 3.05) is 0 Å². The topological polar surface area (TPSA) is 74.8 Å². The molecule has 6 heteroatoms. The Morgan fingerprint density at radius 3 is 2.03 bits per heavy atom. The van der Waals surface area contributed by atoms with Gasteiger partial charge in [-0.3, -0.25) is 10.2 Å². The monoisotopic (exact) mass is 436 g/mol. The van der Waals surface area contributed by atoms with Gasteiger partial charge in [-0.05, 0) is 47.6 Å². The Hall–Kier alpha value is -2.86. The Kier molecular flexibility index (Phi) is 8.28. The van der Waals surface area contributed by atoms with Crippen molar-refractivity contribution in [2.45, 2.75) is 78.7 Å². The van der Waals surface area contributed by atoms with E-state index in [-0.39, 0.29) is 5.78 Å². The molecule has 0 aliphatic carbocycles. The minimum Gasteiger partial charge on any atom is -0.477 e. The first-order chi connectivity index (χ1) is 15.5. The highest BCUT2D eigenvalue weighted by molar-refractivity contribution is 5.96. The number of hydrazine groups is 2. The lowest BCUT2D eigenvalue weighted by molar-refractivity contribution is 0.0988. The van der Waals surface area contributed by atoms with Gasteiger partial charge in [-0.2, -0.15) is 0 Å². The van der Waals surface area contributed by atoms with Gasteiger partial charge in [-0.1, -0.05) is 71.7 Å². The first kappa shape index (κ1) is 23.8. The van der Waals surface area contributed by atoms with Gasteiger partial charge < -0.3 is 4.74 Å². The molecule has 0 fully saturated rings. The summed E-state index contributed by atoms with van der Waals surface area (Å²) in [6.45, 7) is 10.6. The summed E-state index contributed by atoms with van der Waals surface area (Å²) >= 11 is 0. The number of Topliss-reactive ketones (excluding diaryl/α,β-unsaturated/α-hetero) is 1. The molecule has 1 atom stereocenters. The van der Waals surface area contributed by atoms with Gasteiger partial charge in [-0.25, -0.2) is 5.53 Å². The fraction of sp³-hybridized carbons (Fsp3) is 0.462. The smallest absolute Gasteiger partial charge is 0.185 e. The molecule has 0 amide bonds. The maximum atomic E-state index is 12.5. The van der Waals surface area contributed by atoms with Gasteiger partial charge in [0.15, 0.2) is 17.7 Å². The van der Waals surface area contributed by atoms with Crippen molar-refractivity contribution in [2.24, 2.45) is 5.10 Å². The minimum absolute atomic E-state index is 0.169. The lowest BCUT2D eigenvalue weighted by Gasteiger charge is -2.24. The number of ether oxygens (including phenoxy) is 1. The molecule has 0 bridgehead atoms. The third-order valence-electron chi connectivity index (χ3n) is 5.74. The molecule has 0 saturated heterocycles. The number of amidine groups is 1. The van der Waals surface area contributed by atoms with Crippen LogP contribution in [0.15, 0.2) is 41.5 Å². The second-order valence-corrected chi connectivity index (χ2v) is 8.58. The molecule has 0 radical (unpaired) electrons. The molecule has 2 aromatic rings. The zero-order valence-electron chi connectivity index (χ0n) is 19.9. The molecule has 32 heavy (non-hydrogen) atoms. The molecule has 0 aromatic heterocycles. The highest BCUT2D eigenvalue weighted by Crippen LogP contribution is 2.34. The highest BCUT2D eigenvalue weighted by atomic mass is 16.5. The molecule has 0 saturated carbocycles. The molecule has 6 nitrogen and oxygen atoms in total. The van der Waals surface area contributed by atoms with E-state index in [0.29, 0.717) is 18.2 Å². The first-order valence-corrected chi connectivity index (χ1v) is 11.8. The number of carbonyl (C=O) groups excluding carboxylic acids is 1. The van der Waals surface area contributed by atoms with Crippen molar-refractivity contribution >= 4 is 11.6 Å². The van der Waals surface area contributed by atoms with E-state index in [9.17, 15) is 4.79 Å². The zero-order chi connectivity index (χ0) is 23.1. The fourth-order valence-electron chi connectivity index (χ4n) is 3.97. The molecule has 3 N–H and O–H groups in total. The number of hydrazone groups is 1. The maximum Gasteiger partial charge on any atom is 0.185 e. The molecule has 1 aliphatic rings. The summed E-state index contributed by atoms with van der Waals surface area (Å²) in [6.07, 6.45) is 3.75. The van der Waals surface area contributed by atoms with Gasteiger partial charge in [0.25, 0.3) is 0 Å². The van der Waals surface area contributed by atoms with Crippen LogP contribution in [0.5, 0.6) is 5.75 Å². The van der Waals surface area contributed by atoms with Gasteiger partial charge in [0.2, 0.25) is 0 Å². The van der Waals surface area contributed by atoms with E-state index in [1.165, 1.54) is 5.56 Å². The van der Waals surface area contributed by atoms with Gasteiger partial charge in [0.05, 0.1) is 0 Å². The fourth-order valence-corrected chi connectivity index (χ4v) is 3.97. The van der Waals surface area contributed by atoms with E-state index in [1.807, 2.05) is 19.1 Å². The van der Waals surface area contributed by atoms with E-state index in [2.05, 4.69) is 73.6 Å². The minimum atomic E-state index is -0.405. The lowest BCUT2D eigenvalue weighted by atomic mass is 9.95. The van der Waals surface area contributed by atoms with Crippen molar-refractivity contribution in [3.63, 3.8) is 0 Å². The maximum absolute atomic E-state index is 12.5. The summed E-state index contributed by atoms with van der Waals surface area (Å²) < 4.78 is 6.74. The Labute approximate surface area is 191 Å². The molecular weight excluding hydrogens is 400 g/mol. The summed E-state index contributed by atoms with van der Waals surface area (Å²) in [4.78, 5) is 12.5. The van der Waals surface area contributed by atoms with Crippen LogP contribution in [0.3, 0.4) is 0 Å². The quantitative estimate of drug-likeness (QED) is 0.414. The second kappa shape index (κ2) is 11.1. The molecular formula is C26H36N4O2. The first-order valence-electron chi connectivity index (χ1n) is 11.8. The molecule has 2 aromatic carbocycles. The predicted molar refractivity (Wildman–Crippen MR) is 130 cm³/mol. The molecule has 3 rings (SSSR count). The molecule has 1 unspecified atom stereocenters. The van der Waals surface area contributed by atoms with Gasteiger partial charge in [0.1, 0.15) is 5.75 Å². The average Bonchev–Trinajstić information content (AvgIpc) is 3.33. The summed E-state index contributed by atoms with van der Waals surface area (Å²) in [5, 5.41) is 4.34. The van der Waals surface area contributed by atoms with Crippen molar-refractivity contribution in [3.05, 3.63) is 64.2 Å². The van der Waals surface area contributed by atoms with Crippen LogP contribution in [-0.4, -0.2) is 11.6 Å². The van der Waals surface area contributed by atoms with Crippen molar-refractivity contribution < 1.29 is 9.53 Å². The Bertz CT molecular complexity index is 924. The van der Waals surface area contributed by atoms with Crippen LogP contribution >= 0.6 is 0 Å². The van der Waals surface area contributed by atoms with Gasteiger partial charge in [0, 0.05) is 17.5 Å². The standard InChI is InChI=1S/C26H36N4O2/c1-6-9-20-15-22(23(31)8-3)16-21(10-7-2)24(20)32-25(26-27-29-30-28-26)19-13-11-18(12-14-19)17(4)5/h11-17,25,29-30H,6-10H2,1-5H3,(H,27,28). The largest absolute Gasteiger partial charge is 0.477 e. The van der Waals surface area contributed by atoms with E-state index in [0.717, 1.165) is 53.7 Å².